The molecule has 0 saturated carbocycles. The fraction of sp³-hybridized carbons (Fsp3) is 0.625. The van der Waals surface area contributed by atoms with Gasteiger partial charge in [0.05, 0.1) is 6.61 Å². The van der Waals surface area contributed by atoms with Crippen molar-refractivity contribution in [2.45, 2.75) is 52.0 Å². The van der Waals surface area contributed by atoms with Crippen molar-refractivity contribution >= 4 is 0 Å². The third-order valence-electron chi connectivity index (χ3n) is 3.65. The molecule has 2 nitrogen and oxygen atoms in total. The standard InChI is InChI=1S/C16H25NO/c1-4-5-10-17-15-9-11-18-16-13(12(2)3)7-6-8-14(15)16/h6-8,12,15,17H,4-5,9-11H2,1-3H3. The molecule has 1 aliphatic heterocycles. The van der Waals surface area contributed by atoms with Crippen LogP contribution in [0.3, 0.4) is 0 Å². The van der Waals surface area contributed by atoms with Gasteiger partial charge in [-0.1, -0.05) is 45.4 Å². The van der Waals surface area contributed by atoms with Crippen LogP contribution in [-0.2, 0) is 0 Å². The molecular weight excluding hydrogens is 222 g/mol. The van der Waals surface area contributed by atoms with E-state index in [2.05, 4.69) is 44.3 Å². The first-order chi connectivity index (χ1) is 8.74. The number of fused-ring (bicyclic) bond motifs is 1. The van der Waals surface area contributed by atoms with Gasteiger partial charge in [-0.25, -0.2) is 0 Å². The van der Waals surface area contributed by atoms with Gasteiger partial charge in [0.25, 0.3) is 0 Å². The van der Waals surface area contributed by atoms with E-state index in [9.17, 15) is 0 Å². The van der Waals surface area contributed by atoms with Gasteiger partial charge in [-0.15, -0.1) is 0 Å². The number of ether oxygens (including phenoxy) is 1. The number of nitrogens with one attached hydrogen (secondary N) is 1. The lowest BCUT2D eigenvalue weighted by Gasteiger charge is -2.29. The monoisotopic (exact) mass is 247 g/mol. The molecule has 0 spiro atoms. The molecule has 0 aromatic heterocycles. The first kappa shape index (κ1) is 13.4. The highest BCUT2D eigenvalue weighted by Crippen LogP contribution is 2.37. The molecule has 1 aromatic rings. The van der Waals surface area contributed by atoms with E-state index in [0.717, 1.165) is 25.3 Å². The average molecular weight is 247 g/mol. The maximum absolute atomic E-state index is 5.91. The minimum absolute atomic E-state index is 0.471. The van der Waals surface area contributed by atoms with E-state index in [0.29, 0.717) is 12.0 Å². The van der Waals surface area contributed by atoms with E-state index in [1.165, 1.54) is 24.0 Å². The number of hydrogen-bond donors (Lipinski definition) is 1. The van der Waals surface area contributed by atoms with Crippen molar-refractivity contribution in [3.05, 3.63) is 29.3 Å². The van der Waals surface area contributed by atoms with Crippen LogP contribution < -0.4 is 10.1 Å². The van der Waals surface area contributed by atoms with Crippen molar-refractivity contribution in [1.82, 2.24) is 5.32 Å². The Hall–Kier alpha value is -1.02. The molecule has 0 aliphatic carbocycles. The van der Waals surface area contributed by atoms with Gasteiger partial charge in [-0.3, -0.25) is 0 Å². The predicted octanol–water partition coefficient (Wildman–Crippen LogP) is 4.02. The summed E-state index contributed by atoms with van der Waals surface area (Å²) >= 11 is 0. The molecule has 1 aromatic carbocycles. The second-order valence-electron chi connectivity index (χ2n) is 5.42. The molecule has 0 saturated heterocycles. The summed E-state index contributed by atoms with van der Waals surface area (Å²) in [6.07, 6.45) is 3.57. The molecule has 100 valence electrons. The number of hydrogen-bond acceptors (Lipinski definition) is 2. The minimum atomic E-state index is 0.471. The van der Waals surface area contributed by atoms with E-state index in [1.807, 2.05) is 0 Å². The highest BCUT2D eigenvalue weighted by Gasteiger charge is 2.23. The molecule has 1 heterocycles. The summed E-state index contributed by atoms with van der Waals surface area (Å²) in [5.41, 5.74) is 2.69. The Bertz CT molecular complexity index is 387. The Morgan fingerprint density at radius 1 is 1.39 bits per heavy atom. The molecule has 1 N–H and O–H groups in total. The van der Waals surface area contributed by atoms with Gasteiger partial charge in [0.2, 0.25) is 0 Å². The smallest absolute Gasteiger partial charge is 0.127 e. The zero-order valence-corrected chi connectivity index (χ0v) is 11.8. The van der Waals surface area contributed by atoms with Crippen LogP contribution in [0, 0.1) is 0 Å². The van der Waals surface area contributed by atoms with Gasteiger partial charge in [0.1, 0.15) is 5.75 Å². The second-order valence-corrected chi connectivity index (χ2v) is 5.42. The van der Waals surface area contributed by atoms with Crippen LogP contribution in [0.4, 0.5) is 0 Å². The number of para-hydroxylation sites is 1. The van der Waals surface area contributed by atoms with Crippen LogP contribution >= 0.6 is 0 Å². The normalized spacial score (nSPS) is 18.6. The molecule has 0 bridgehead atoms. The van der Waals surface area contributed by atoms with Crippen LogP contribution in [0.25, 0.3) is 0 Å². The Kier molecular flexibility index (Phi) is 4.65. The fourth-order valence-electron chi connectivity index (χ4n) is 2.57. The Labute approximate surface area is 111 Å². The van der Waals surface area contributed by atoms with Gasteiger partial charge in [0.15, 0.2) is 0 Å². The van der Waals surface area contributed by atoms with Crippen molar-refractivity contribution < 1.29 is 4.74 Å². The number of benzene rings is 1. The van der Waals surface area contributed by atoms with Crippen molar-refractivity contribution in [1.29, 1.82) is 0 Å². The summed E-state index contributed by atoms with van der Waals surface area (Å²) in [7, 11) is 0. The lowest BCUT2D eigenvalue weighted by atomic mass is 9.93. The molecule has 1 unspecified atom stereocenters. The van der Waals surface area contributed by atoms with Crippen LogP contribution in [0.5, 0.6) is 5.75 Å². The van der Waals surface area contributed by atoms with E-state index < -0.39 is 0 Å². The molecular formula is C16H25NO. The fourth-order valence-corrected chi connectivity index (χ4v) is 2.57. The van der Waals surface area contributed by atoms with Crippen molar-refractivity contribution in [3.63, 3.8) is 0 Å². The SMILES string of the molecule is CCCCNC1CCOc2c(C(C)C)cccc21. The largest absolute Gasteiger partial charge is 0.493 e. The summed E-state index contributed by atoms with van der Waals surface area (Å²) in [5.74, 6) is 1.65. The topological polar surface area (TPSA) is 21.3 Å². The third kappa shape index (κ3) is 2.86. The van der Waals surface area contributed by atoms with Crippen LogP contribution in [0.15, 0.2) is 18.2 Å². The molecule has 2 heteroatoms. The number of unbranched alkanes of at least 4 members (excludes halogenated alkanes) is 1. The van der Waals surface area contributed by atoms with E-state index in [1.54, 1.807) is 0 Å². The molecule has 1 atom stereocenters. The molecule has 0 amide bonds. The quantitative estimate of drug-likeness (QED) is 0.793. The summed E-state index contributed by atoms with van der Waals surface area (Å²) in [5, 5.41) is 3.66. The van der Waals surface area contributed by atoms with Crippen LogP contribution in [0.2, 0.25) is 0 Å². The van der Waals surface area contributed by atoms with Gasteiger partial charge in [-0.2, -0.15) is 0 Å². The van der Waals surface area contributed by atoms with E-state index in [4.69, 9.17) is 4.74 Å². The molecule has 0 radical (unpaired) electrons. The predicted molar refractivity (Wildman–Crippen MR) is 76.3 cm³/mol. The first-order valence-corrected chi connectivity index (χ1v) is 7.23. The minimum Gasteiger partial charge on any atom is -0.493 e. The van der Waals surface area contributed by atoms with Crippen LogP contribution in [0.1, 0.15) is 63.1 Å². The summed E-state index contributed by atoms with van der Waals surface area (Å²) in [6, 6.07) is 7.04. The number of rotatable bonds is 5. The second kappa shape index (κ2) is 6.24. The van der Waals surface area contributed by atoms with Gasteiger partial charge in [0, 0.05) is 18.0 Å². The Morgan fingerprint density at radius 2 is 2.22 bits per heavy atom. The van der Waals surface area contributed by atoms with Crippen molar-refractivity contribution in [2.24, 2.45) is 0 Å². The highest BCUT2D eigenvalue weighted by molar-refractivity contribution is 5.46. The third-order valence-corrected chi connectivity index (χ3v) is 3.65. The van der Waals surface area contributed by atoms with Crippen LogP contribution in [-0.4, -0.2) is 13.2 Å². The van der Waals surface area contributed by atoms with Gasteiger partial charge < -0.3 is 10.1 Å². The molecule has 0 fully saturated rings. The zero-order valence-electron chi connectivity index (χ0n) is 11.8. The average Bonchev–Trinajstić information content (AvgIpc) is 2.38. The first-order valence-electron chi connectivity index (χ1n) is 7.23. The molecule has 2 rings (SSSR count). The summed E-state index contributed by atoms with van der Waals surface area (Å²) in [6.45, 7) is 8.63. The summed E-state index contributed by atoms with van der Waals surface area (Å²) < 4.78 is 5.91. The Morgan fingerprint density at radius 3 is 2.94 bits per heavy atom. The lowest BCUT2D eigenvalue weighted by Crippen LogP contribution is -2.28. The van der Waals surface area contributed by atoms with Gasteiger partial charge >= 0.3 is 0 Å². The van der Waals surface area contributed by atoms with Gasteiger partial charge in [-0.05, 0) is 24.4 Å². The Balaban J connectivity index is 2.18. The van der Waals surface area contributed by atoms with Crippen molar-refractivity contribution in [3.8, 4) is 5.75 Å². The van der Waals surface area contributed by atoms with E-state index >= 15 is 0 Å². The molecule has 1 aliphatic rings. The lowest BCUT2D eigenvalue weighted by molar-refractivity contribution is 0.249. The highest BCUT2D eigenvalue weighted by atomic mass is 16.5. The maximum Gasteiger partial charge on any atom is 0.127 e. The molecule has 18 heavy (non-hydrogen) atoms. The summed E-state index contributed by atoms with van der Waals surface area (Å²) in [4.78, 5) is 0. The zero-order chi connectivity index (χ0) is 13.0. The van der Waals surface area contributed by atoms with Crippen molar-refractivity contribution in [2.75, 3.05) is 13.2 Å². The maximum atomic E-state index is 5.91. The van der Waals surface area contributed by atoms with E-state index in [-0.39, 0.29) is 0 Å².